The number of rotatable bonds is 7. The lowest BCUT2D eigenvalue weighted by Gasteiger charge is -2.30. The van der Waals surface area contributed by atoms with Gasteiger partial charge in [0.05, 0.1) is 23.3 Å². The Hall–Kier alpha value is -3.76. The minimum absolute atomic E-state index is 0.0223. The molecule has 5 rings (SSSR count). The summed E-state index contributed by atoms with van der Waals surface area (Å²) < 4.78 is 26.5. The molecule has 0 bridgehead atoms. The molecule has 3 heterocycles. The van der Waals surface area contributed by atoms with E-state index in [4.69, 9.17) is 9.47 Å². The van der Waals surface area contributed by atoms with Crippen LogP contribution in [0.5, 0.6) is 0 Å². The van der Waals surface area contributed by atoms with Gasteiger partial charge in [0.1, 0.15) is 5.82 Å². The van der Waals surface area contributed by atoms with E-state index in [1.165, 1.54) is 12.1 Å². The quantitative estimate of drug-likeness (QED) is 0.319. The molecule has 4 aromatic rings. The molecule has 1 aliphatic heterocycles. The predicted molar refractivity (Wildman–Crippen MR) is 133 cm³/mol. The minimum Gasteiger partial charge on any atom is -0.479 e. The molecule has 10 heteroatoms. The van der Waals surface area contributed by atoms with Crippen LogP contribution in [0.4, 0.5) is 4.39 Å². The van der Waals surface area contributed by atoms with Gasteiger partial charge in [-0.05, 0) is 54.3 Å². The van der Waals surface area contributed by atoms with Gasteiger partial charge in [0.2, 0.25) is 6.29 Å². The molecule has 2 aromatic heterocycles. The molecule has 3 atom stereocenters. The topological polar surface area (TPSA) is 127 Å². The van der Waals surface area contributed by atoms with Gasteiger partial charge in [0, 0.05) is 41.4 Å². The molecule has 0 saturated carbocycles. The Morgan fingerprint density at radius 3 is 2.70 bits per heavy atom. The number of aromatic amines is 1. The van der Waals surface area contributed by atoms with Gasteiger partial charge in [-0.15, -0.1) is 0 Å². The van der Waals surface area contributed by atoms with E-state index in [0.29, 0.717) is 6.42 Å². The van der Waals surface area contributed by atoms with Crippen LogP contribution in [0.2, 0.25) is 0 Å². The number of benzene rings is 2. The second-order valence-corrected chi connectivity index (χ2v) is 9.66. The predicted octanol–water partition coefficient (Wildman–Crippen LogP) is 4.20. The number of aliphatic carboxylic acids is 1. The van der Waals surface area contributed by atoms with Crippen LogP contribution >= 0.6 is 0 Å². The summed E-state index contributed by atoms with van der Waals surface area (Å²) in [6.45, 7) is 4.12. The summed E-state index contributed by atoms with van der Waals surface area (Å²) in [6, 6.07) is 10.3. The first-order chi connectivity index (χ1) is 17.7. The standard InChI is InChI=1S/C27H28FN3O6/c1-14(2)26-19(7-8-24(33)37-25-11-18(32)10-23(36-25)27(34)35)20-12-21-15(13-29-30-21)9-22(20)31(26)17-5-3-16(28)4-6-17/h3-6,9,12-14,18,23,25,32H,7-8,10-11H2,1-2H3,(H,29,30)(H,34,35). The second-order valence-electron chi connectivity index (χ2n) is 9.66. The number of carboxylic acids is 1. The number of nitrogens with zero attached hydrogens (tertiary/aromatic N) is 2. The van der Waals surface area contributed by atoms with Crippen molar-refractivity contribution >= 4 is 33.7 Å². The lowest BCUT2D eigenvalue weighted by atomic mass is 9.99. The maximum atomic E-state index is 13.7. The number of aromatic nitrogens is 3. The number of carbonyl (C=O) groups excluding carboxylic acids is 1. The average Bonchev–Trinajstić information content (AvgIpc) is 3.43. The number of halogens is 1. The molecule has 194 valence electrons. The summed E-state index contributed by atoms with van der Waals surface area (Å²) in [5, 5.41) is 28.2. The number of H-pyrrole nitrogens is 1. The number of carbonyl (C=O) groups is 2. The van der Waals surface area contributed by atoms with E-state index in [9.17, 15) is 24.2 Å². The number of ether oxygens (including phenoxy) is 2. The molecule has 37 heavy (non-hydrogen) atoms. The minimum atomic E-state index is -1.22. The summed E-state index contributed by atoms with van der Waals surface area (Å²) in [4.78, 5) is 24.0. The van der Waals surface area contributed by atoms with E-state index in [-0.39, 0.29) is 31.0 Å². The lowest BCUT2D eigenvalue weighted by molar-refractivity contribution is -0.222. The van der Waals surface area contributed by atoms with Gasteiger partial charge in [-0.2, -0.15) is 5.10 Å². The van der Waals surface area contributed by atoms with Crippen LogP contribution < -0.4 is 0 Å². The molecule has 9 nitrogen and oxygen atoms in total. The molecule has 2 aromatic carbocycles. The summed E-state index contributed by atoms with van der Waals surface area (Å²) in [5.74, 6) is -2.01. The number of carboxylic acid groups (broad SMARTS) is 1. The zero-order valence-electron chi connectivity index (χ0n) is 20.5. The number of hydrogen-bond donors (Lipinski definition) is 3. The molecule has 0 amide bonds. The van der Waals surface area contributed by atoms with Crippen LogP contribution in [-0.2, 0) is 25.5 Å². The largest absolute Gasteiger partial charge is 0.479 e. The van der Waals surface area contributed by atoms with Crippen LogP contribution in [0.3, 0.4) is 0 Å². The number of aliphatic hydroxyl groups is 1. The van der Waals surface area contributed by atoms with Crippen LogP contribution in [-0.4, -0.2) is 55.4 Å². The van der Waals surface area contributed by atoms with E-state index >= 15 is 0 Å². The molecule has 0 aliphatic carbocycles. The lowest BCUT2D eigenvalue weighted by Crippen LogP contribution is -2.42. The maximum absolute atomic E-state index is 13.7. The molecular formula is C27H28FN3O6. The van der Waals surface area contributed by atoms with Crippen molar-refractivity contribution in [3.05, 3.63) is 59.7 Å². The van der Waals surface area contributed by atoms with Crippen molar-refractivity contribution in [1.29, 1.82) is 0 Å². The van der Waals surface area contributed by atoms with Crippen molar-refractivity contribution < 1.29 is 33.7 Å². The van der Waals surface area contributed by atoms with Crippen molar-refractivity contribution in [3.8, 4) is 5.69 Å². The zero-order valence-corrected chi connectivity index (χ0v) is 20.5. The van der Waals surface area contributed by atoms with Crippen molar-refractivity contribution in [2.24, 2.45) is 0 Å². The molecule has 1 saturated heterocycles. The van der Waals surface area contributed by atoms with Crippen LogP contribution in [0.1, 0.15) is 50.3 Å². The number of nitrogens with one attached hydrogen (secondary N) is 1. The Kier molecular flexibility index (Phi) is 6.70. The van der Waals surface area contributed by atoms with E-state index in [1.54, 1.807) is 18.3 Å². The third-order valence-corrected chi connectivity index (χ3v) is 6.69. The van der Waals surface area contributed by atoms with E-state index in [1.807, 2.05) is 12.1 Å². The van der Waals surface area contributed by atoms with E-state index in [2.05, 4.69) is 28.6 Å². The van der Waals surface area contributed by atoms with Crippen LogP contribution in [0.15, 0.2) is 42.6 Å². The molecule has 3 unspecified atom stereocenters. The highest BCUT2D eigenvalue weighted by atomic mass is 19.1. The van der Waals surface area contributed by atoms with Crippen molar-refractivity contribution in [2.45, 2.75) is 63.9 Å². The summed E-state index contributed by atoms with van der Waals surface area (Å²) in [6.07, 6.45) is -1.17. The van der Waals surface area contributed by atoms with E-state index < -0.39 is 30.4 Å². The third kappa shape index (κ3) is 4.94. The molecule has 3 N–H and O–H groups in total. The summed E-state index contributed by atoms with van der Waals surface area (Å²) in [7, 11) is 0. The normalized spacial score (nSPS) is 20.1. The number of aliphatic hydroxyl groups excluding tert-OH is 1. The van der Waals surface area contributed by atoms with Crippen LogP contribution in [0, 0.1) is 5.82 Å². The number of fused-ring (bicyclic) bond motifs is 2. The second kappa shape index (κ2) is 9.95. The molecular weight excluding hydrogens is 481 g/mol. The first-order valence-corrected chi connectivity index (χ1v) is 12.2. The van der Waals surface area contributed by atoms with Gasteiger partial charge >= 0.3 is 11.9 Å². The van der Waals surface area contributed by atoms with Crippen molar-refractivity contribution in [1.82, 2.24) is 14.8 Å². The van der Waals surface area contributed by atoms with Gasteiger partial charge in [-0.25, -0.2) is 9.18 Å². The summed E-state index contributed by atoms with van der Waals surface area (Å²) in [5.41, 5.74) is 4.51. The van der Waals surface area contributed by atoms with Crippen molar-refractivity contribution in [3.63, 3.8) is 0 Å². The first-order valence-electron chi connectivity index (χ1n) is 12.2. The molecule has 1 fully saturated rings. The highest BCUT2D eigenvalue weighted by Gasteiger charge is 2.35. The van der Waals surface area contributed by atoms with Gasteiger partial charge < -0.3 is 24.3 Å². The molecule has 1 aliphatic rings. The Bertz CT molecular complexity index is 1460. The SMILES string of the molecule is CC(C)c1c(CCC(=O)OC2CC(O)CC(C(=O)O)O2)c2cc3[nH]ncc3cc2n1-c1ccc(F)cc1. The fourth-order valence-corrected chi connectivity index (χ4v) is 5.07. The summed E-state index contributed by atoms with van der Waals surface area (Å²) >= 11 is 0. The molecule has 0 spiro atoms. The van der Waals surface area contributed by atoms with Gasteiger partial charge in [0.15, 0.2) is 6.10 Å². The smallest absolute Gasteiger partial charge is 0.333 e. The van der Waals surface area contributed by atoms with Crippen molar-refractivity contribution in [2.75, 3.05) is 0 Å². The average molecular weight is 510 g/mol. The Morgan fingerprint density at radius 1 is 1.24 bits per heavy atom. The monoisotopic (exact) mass is 509 g/mol. The maximum Gasteiger partial charge on any atom is 0.333 e. The van der Waals surface area contributed by atoms with Gasteiger partial charge in [-0.1, -0.05) is 13.8 Å². The Labute approximate surface area is 211 Å². The number of hydrogen-bond acceptors (Lipinski definition) is 6. The number of esters is 1. The number of aryl methyl sites for hydroxylation is 1. The molecule has 0 radical (unpaired) electrons. The van der Waals surface area contributed by atoms with Crippen LogP contribution in [0.25, 0.3) is 27.5 Å². The van der Waals surface area contributed by atoms with Gasteiger partial charge in [0.25, 0.3) is 0 Å². The van der Waals surface area contributed by atoms with E-state index in [0.717, 1.165) is 38.8 Å². The first kappa shape index (κ1) is 24.9. The van der Waals surface area contributed by atoms with Gasteiger partial charge in [-0.3, -0.25) is 9.89 Å². The highest BCUT2D eigenvalue weighted by molar-refractivity contribution is 5.98. The Balaban J connectivity index is 1.48. The highest BCUT2D eigenvalue weighted by Crippen LogP contribution is 2.37. The fraction of sp³-hybridized carbons (Fsp3) is 0.370. The Morgan fingerprint density at radius 2 is 2.00 bits per heavy atom. The third-order valence-electron chi connectivity index (χ3n) is 6.69. The zero-order chi connectivity index (χ0) is 26.3. The fourth-order valence-electron chi connectivity index (χ4n) is 5.07.